The van der Waals surface area contributed by atoms with Gasteiger partial charge in [-0.15, -0.1) is 0 Å². The molecule has 5 heteroatoms. The largest absolute Gasteiger partial charge is 0.462 e. The Kier molecular flexibility index (Phi) is 2.69. The highest BCUT2D eigenvalue weighted by atomic mass is 16.8. The average molecular weight is 348 g/mol. The van der Waals surface area contributed by atoms with Crippen LogP contribution in [0, 0.1) is 40.4 Å². The van der Waals surface area contributed by atoms with Gasteiger partial charge in [-0.25, -0.2) is 0 Å². The highest BCUT2D eigenvalue weighted by molar-refractivity contribution is 5.98. The highest BCUT2D eigenvalue weighted by Gasteiger charge is 2.90. The van der Waals surface area contributed by atoms with Crippen LogP contribution in [-0.4, -0.2) is 35.9 Å². The highest BCUT2D eigenvalue weighted by Crippen LogP contribution is 2.84. The summed E-state index contributed by atoms with van der Waals surface area (Å²) in [5.74, 6) is 0.800. The van der Waals surface area contributed by atoms with Crippen molar-refractivity contribution in [2.75, 3.05) is 6.61 Å². The van der Waals surface area contributed by atoms with Gasteiger partial charge in [-0.2, -0.15) is 0 Å². The molecule has 0 amide bonds. The fourth-order valence-electron chi connectivity index (χ4n) is 7.52. The van der Waals surface area contributed by atoms with Gasteiger partial charge in [-0.05, 0) is 38.0 Å². The number of esters is 1. The molecule has 4 aliphatic carbocycles. The van der Waals surface area contributed by atoms with Gasteiger partial charge < -0.3 is 14.2 Å². The van der Waals surface area contributed by atoms with Crippen LogP contribution in [0.2, 0.25) is 0 Å². The molecule has 4 saturated carbocycles. The Bertz CT molecular complexity index is 696. The summed E-state index contributed by atoms with van der Waals surface area (Å²) in [5.41, 5.74) is -1.26. The first-order valence-corrected chi connectivity index (χ1v) is 9.52. The van der Waals surface area contributed by atoms with E-state index in [4.69, 9.17) is 14.2 Å². The van der Waals surface area contributed by atoms with Crippen LogP contribution in [0.5, 0.6) is 0 Å². The first kappa shape index (κ1) is 16.2. The van der Waals surface area contributed by atoms with E-state index in [1.807, 2.05) is 13.8 Å². The first-order valence-electron chi connectivity index (χ1n) is 9.52. The van der Waals surface area contributed by atoms with Crippen LogP contribution < -0.4 is 0 Å². The summed E-state index contributed by atoms with van der Waals surface area (Å²) in [6.45, 7) is 12.2. The lowest BCUT2D eigenvalue weighted by Crippen LogP contribution is -2.57. The minimum Gasteiger partial charge on any atom is -0.462 e. The summed E-state index contributed by atoms with van der Waals surface area (Å²) in [7, 11) is 0. The predicted molar refractivity (Wildman–Crippen MR) is 88.4 cm³/mol. The minimum atomic E-state index is -0.874. The predicted octanol–water partition coefficient (Wildman–Crippen LogP) is 2.57. The van der Waals surface area contributed by atoms with Crippen molar-refractivity contribution in [1.29, 1.82) is 0 Å². The van der Waals surface area contributed by atoms with Gasteiger partial charge in [0.05, 0.1) is 6.61 Å². The molecule has 0 aromatic rings. The van der Waals surface area contributed by atoms with Gasteiger partial charge in [-0.1, -0.05) is 20.8 Å². The van der Waals surface area contributed by atoms with Gasteiger partial charge in [0.2, 0.25) is 0 Å². The number of ketones is 1. The van der Waals surface area contributed by atoms with E-state index in [0.717, 1.165) is 6.42 Å². The van der Waals surface area contributed by atoms with Crippen molar-refractivity contribution in [3.8, 4) is 0 Å². The van der Waals surface area contributed by atoms with Gasteiger partial charge >= 0.3 is 5.97 Å². The molecular weight excluding hydrogens is 320 g/mol. The van der Waals surface area contributed by atoms with Gasteiger partial charge in [0, 0.05) is 29.6 Å². The number of Topliss-reactive ketones (excluding diaryl/α,β-unsaturated/α-hetero) is 1. The molecule has 1 aliphatic heterocycles. The molecule has 5 fully saturated rings. The van der Waals surface area contributed by atoms with Crippen LogP contribution in [-0.2, 0) is 23.8 Å². The Hall–Kier alpha value is -0.940. The lowest BCUT2D eigenvalue weighted by atomic mass is 9.64. The Labute approximate surface area is 148 Å². The Morgan fingerprint density at radius 3 is 2.40 bits per heavy atom. The van der Waals surface area contributed by atoms with Crippen molar-refractivity contribution in [1.82, 2.24) is 0 Å². The molecule has 5 rings (SSSR count). The third kappa shape index (κ3) is 1.60. The third-order valence-corrected chi connectivity index (χ3v) is 8.18. The molecule has 0 aromatic carbocycles. The number of ether oxygens (including phenoxy) is 3. The molecule has 138 valence electrons. The Balaban J connectivity index is 1.63. The standard InChI is InChI=1S/C20H28O5/c1-9(21)24-16-13-10(7-17(16,2)3)11-12-14(11)19(13,6)20(15(12)22)8-23-18(4,5)25-20/h10-14,16H,7-8H2,1-6H3/t10?,11-,12+,13+,14-,16-,19+,20+/m1/s1. The van der Waals surface area contributed by atoms with Crippen molar-refractivity contribution >= 4 is 11.8 Å². The summed E-state index contributed by atoms with van der Waals surface area (Å²) in [5, 5.41) is 0. The molecule has 0 aromatic heterocycles. The minimum absolute atomic E-state index is 0.0725. The van der Waals surface area contributed by atoms with Crippen LogP contribution in [0.1, 0.15) is 48.0 Å². The molecule has 0 radical (unpaired) electrons. The molecule has 1 unspecified atom stereocenters. The molecule has 1 spiro atoms. The number of carbonyl (C=O) groups excluding carboxylic acids is 2. The van der Waals surface area contributed by atoms with E-state index in [1.54, 1.807) is 0 Å². The summed E-state index contributed by atoms with van der Waals surface area (Å²) < 4.78 is 18.1. The maximum atomic E-state index is 13.3. The van der Waals surface area contributed by atoms with Crippen LogP contribution in [0.4, 0.5) is 0 Å². The normalized spacial score (nSPS) is 56.2. The quantitative estimate of drug-likeness (QED) is 0.682. The molecule has 1 saturated heterocycles. The van der Waals surface area contributed by atoms with Gasteiger partial charge in [0.25, 0.3) is 0 Å². The van der Waals surface area contributed by atoms with E-state index < -0.39 is 11.4 Å². The van der Waals surface area contributed by atoms with Gasteiger partial charge in [0.1, 0.15) is 6.10 Å². The first-order chi connectivity index (χ1) is 11.5. The molecular formula is C20H28O5. The van der Waals surface area contributed by atoms with E-state index in [2.05, 4.69) is 20.8 Å². The zero-order valence-corrected chi connectivity index (χ0v) is 15.9. The van der Waals surface area contributed by atoms with E-state index >= 15 is 0 Å². The molecule has 5 nitrogen and oxygen atoms in total. The second kappa shape index (κ2) is 4.14. The number of rotatable bonds is 1. The number of fused-ring (bicyclic) bond motifs is 5. The third-order valence-electron chi connectivity index (χ3n) is 8.18. The molecule has 0 N–H and O–H groups in total. The van der Waals surface area contributed by atoms with E-state index in [0.29, 0.717) is 24.4 Å². The Morgan fingerprint density at radius 2 is 1.84 bits per heavy atom. The lowest BCUT2D eigenvalue weighted by molar-refractivity contribution is -0.201. The van der Waals surface area contributed by atoms with Crippen molar-refractivity contribution in [3.63, 3.8) is 0 Å². The second-order valence-corrected chi connectivity index (χ2v) is 10.3. The van der Waals surface area contributed by atoms with Crippen molar-refractivity contribution in [2.24, 2.45) is 40.4 Å². The zero-order valence-electron chi connectivity index (χ0n) is 15.9. The van der Waals surface area contributed by atoms with Crippen molar-refractivity contribution < 1.29 is 23.8 Å². The zero-order chi connectivity index (χ0) is 18.2. The molecule has 0 bridgehead atoms. The Morgan fingerprint density at radius 1 is 1.16 bits per heavy atom. The molecule has 25 heavy (non-hydrogen) atoms. The smallest absolute Gasteiger partial charge is 0.302 e. The average Bonchev–Trinajstić information content (AvgIpc) is 2.90. The van der Waals surface area contributed by atoms with E-state index in [1.165, 1.54) is 6.92 Å². The monoisotopic (exact) mass is 348 g/mol. The van der Waals surface area contributed by atoms with Crippen LogP contribution >= 0.6 is 0 Å². The maximum absolute atomic E-state index is 13.3. The number of carbonyl (C=O) groups is 2. The summed E-state index contributed by atoms with van der Waals surface area (Å²) in [4.78, 5) is 25.1. The number of hydrogen-bond donors (Lipinski definition) is 0. The molecule has 8 atom stereocenters. The maximum Gasteiger partial charge on any atom is 0.302 e. The SMILES string of the molecule is CC(=O)O[C@@H]1[C@@H]2C(CC1(C)C)[C@@H]1[C@@H]3C(=O)[C@@]4(COC(C)(C)O4)[C@]2(C)[C@@H]31. The van der Waals surface area contributed by atoms with Crippen LogP contribution in [0.3, 0.4) is 0 Å². The van der Waals surface area contributed by atoms with Crippen LogP contribution in [0.25, 0.3) is 0 Å². The molecule has 1 heterocycles. The summed E-state index contributed by atoms with van der Waals surface area (Å²) >= 11 is 0. The molecule has 5 aliphatic rings. The van der Waals surface area contributed by atoms with Crippen molar-refractivity contribution in [3.05, 3.63) is 0 Å². The van der Waals surface area contributed by atoms with Gasteiger partial charge in [0.15, 0.2) is 17.2 Å². The lowest BCUT2D eigenvalue weighted by Gasteiger charge is -2.46. The van der Waals surface area contributed by atoms with E-state index in [9.17, 15) is 9.59 Å². The number of hydrogen-bond acceptors (Lipinski definition) is 5. The van der Waals surface area contributed by atoms with Crippen LogP contribution in [0.15, 0.2) is 0 Å². The van der Waals surface area contributed by atoms with Crippen molar-refractivity contribution in [2.45, 2.75) is 65.5 Å². The fraction of sp³-hybridized carbons (Fsp3) is 0.900. The van der Waals surface area contributed by atoms with E-state index in [-0.39, 0.29) is 40.5 Å². The topological polar surface area (TPSA) is 61.8 Å². The van der Waals surface area contributed by atoms with Gasteiger partial charge in [-0.3, -0.25) is 9.59 Å². The second-order valence-electron chi connectivity index (χ2n) is 10.3. The summed E-state index contributed by atoms with van der Waals surface area (Å²) in [6.07, 6.45) is 0.847. The summed E-state index contributed by atoms with van der Waals surface area (Å²) in [6, 6.07) is 0. The fourth-order valence-corrected chi connectivity index (χ4v) is 7.52.